The number of hydrogen-bond acceptors (Lipinski definition) is 2. The minimum Gasteiger partial charge on any atom is -0.469 e. The molecule has 9 heavy (non-hydrogen) atoms. The number of thiol groups is 1. The van der Waals surface area contributed by atoms with Gasteiger partial charge in [-0.15, -0.1) is 0 Å². The Hall–Kier alpha value is -0.370. The van der Waals surface area contributed by atoms with E-state index in [4.69, 9.17) is 4.42 Å². The van der Waals surface area contributed by atoms with E-state index < -0.39 is 0 Å². The van der Waals surface area contributed by atoms with E-state index in [1.165, 1.54) is 5.56 Å². The fourth-order valence-electron chi connectivity index (χ4n) is 0.818. The molecule has 0 aromatic carbocycles. The zero-order valence-corrected chi connectivity index (χ0v) is 6.32. The van der Waals surface area contributed by atoms with Crippen molar-refractivity contribution in [3.05, 3.63) is 23.7 Å². The molecule has 0 bridgehead atoms. The molecule has 0 fully saturated rings. The maximum absolute atomic E-state index is 5.16. The number of rotatable bonds is 2. The molecule has 0 atom stereocenters. The van der Waals surface area contributed by atoms with Crippen LogP contribution in [0.2, 0.25) is 0 Å². The van der Waals surface area contributed by atoms with Crippen LogP contribution in [0.25, 0.3) is 0 Å². The molecule has 2 heteroatoms. The van der Waals surface area contributed by atoms with Crippen molar-refractivity contribution in [3.8, 4) is 0 Å². The van der Waals surface area contributed by atoms with Crippen molar-refractivity contribution in [2.75, 3.05) is 0 Å². The maximum atomic E-state index is 5.16. The third kappa shape index (κ3) is 1.30. The lowest BCUT2D eigenvalue weighted by molar-refractivity contribution is 0.513. The Bertz CT molecular complexity index is 162. The lowest BCUT2D eigenvalue weighted by Gasteiger charge is -1.91. The Morgan fingerprint density at radius 2 is 2.44 bits per heavy atom. The lowest BCUT2D eigenvalue weighted by atomic mass is 10.2. The number of hydrogen-bond donors (Lipinski definition) is 1. The smallest absolute Gasteiger partial charge is 0.107 e. The average Bonchev–Trinajstić information content (AvgIpc) is 2.33. The summed E-state index contributed by atoms with van der Waals surface area (Å²) in [6, 6.07) is 1.96. The molecule has 0 aliphatic heterocycles. The highest BCUT2D eigenvalue weighted by atomic mass is 32.1. The Morgan fingerprint density at radius 1 is 1.67 bits per heavy atom. The first-order valence-electron chi connectivity index (χ1n) is 3.04. The van der Waals surface area contributed by atoms with Crippen LogP contribution in [-0.2, 0) is 12.2 Å². The summed E-state index contributed by atoms with van der Waals surface area (Å²) < 4.78 is 5.16. The van der Waals surface area contributed by atoms with Gasteiger partial charge in [-0.25, -0.2) is 0 Å². The van der Waals surface area contributed by atoms with Crippen LogP contribution in [0.1, 0.15) is 18.2 Å². The van der Waals surface area contributed by atoms with E-state index in [2.05, 4.69) is 19.6 Å². The lowest BCUT2D eigenvalue weighted by Crippen LogP contribution is -1.80. The second-order valence-electron chi connectivity index (χ2n) is 1.88. The molecule has 1 heterocycles. The topological polar surface area (TPSA) is 13.1 Å². The van der Waals surface area contributed by atoms with E-state index in [0.717, 1.165) is 17.9 Å². The average molecular weight is 142 g/mol. The Morgan fingerprint density at radius 3 is 2.89 bits per heavy atom. The summed E-state index contributed by atoms with van der Waals surface area (Å²) in [4.78, 5) is 0. The standard InChI is InChI=1S/C7H10OS/c1-2-7-6(5-9)3-4-8-7/h3-4,9H,2,5H2,1H3. The summed E-state index contributed by atoms with van der Waals surface area (Å²) in [5, 5.41) is 0. The predicted molar refractivity (Wildman–Crippen MR) is 40.8 cm³/mol. The molecule has 0 N–H and O–H groups in total. The first kappa shape index (κ1) is 6.75. The second-order valence-corrected chi connectivity index (χ2v) is 2.20. The van der Waals surface area contributed by atoms with Gasteiger partial charge in [0.1, 0.15) is 5.76 Å². The minimum absolute atomic E-state index is 0.777. The molecule has 0 saturated carbocycles. The summed E-state index contributed by atoms with van der Waals surface area (Å²) in [5.74, 6) is 1.84. The minimum atomic E-state index is 0.777. The summed E-state index contributed by atoms with van der Waals surface area (Å²) in [6.45, 7) is 2.08. The summed E-state index contributed by atoms with van der Waals surface area (Å²) >= 11 is 4.14. The van der Waals surface area contributed by atoms with Gasteiger partial charge < -0.3 is 4.42 Å². The first-order valence-corrected chi connectivity index (χ1v) is 3.67. The highest BCUT2D eigenvalue weighted by molar-refractivity contribution is 7.79. The molecular weight excluding hydrogens is 132 g/mol. The van der Waals surface area contributed by atoms with Gasteiger partial charge in [0, 0.05) is 17.7 Å². The largest absolute Gasteiger partial charge is 0.469 e. The van der Waals surface area contributed by atoms with Crippen molar-refractivity contribution >= 4 is 12.6 Å². The van der Waals surface area contributed by atoms with Crippen LogP contribution in [0.5, 0.6) is 0 Å². The molecule has 1 aromatic heterocycles. The van der Waals surface area contributed by atoms with Gasteiger partial charge in [0.25, 0.3) is 0 Å². The SMILES string of the molecule is CCc1occc1CS. The molecule has 0 unspecified atom stereocenters. The highest BCUT2D eigenvalue weighted by Gasteiger charge is 1.99. The van der Waals surface area contributed by atoms with Gasteiger partial charge in [-0.2, -0.15) is 12.6 Å². The normalized spacial score (nSPS) is 10.0. The fraction of sp³-hybridized carbons (Fsp3) is 0.429. The monoisotopic (exact) mass is 142 g/mol. The molecule has 1 aromatic rings. The summed E-state index contributed by atoms with van der Waals surface area (Å²) in [5.41, 5.74) is 1.21. The molecule has 0 saturated heterocycles. The summed E-state index contributed by atoms with van der Waals surface area (Å²) in [7, 11) is 0. The maximum Gasteiger partial charge on any atom is 0.107 e. The van der Waals surface area contributed by atoms with Crippen LogP contribution in [0.3, 0.4) is 0 Å². The summed E-state index contributed by atoms with van der Waals surface area (Å²) in [6.07, 6.45) is 2.67. The first-order chi connectivity index (χ1) is 4.38. The Kier molecular flexibility index (Phi) is 2.22. The van der Waals surface area contributed by atoms with E-state index in [-0.39, 0.29) is 0 Å². The van der Waals surface area contributed by atoms with E-state index >= 15 is 0 Å². The van der Waals surface area contributed by atoms with Gasteiger partial charge >= 0.3 is 0 Å². The van der Waals surface area contributed by atoms with Crippen LogP contribution in [0, 0.1) is 0 Å². The highest BCUT2D eigenvalue weighted by Crippen LogP contribution is 2.12. The van der Waals surface area contributed by atoms with Crippen LogP contribution in [-0.4, -0.2) is 0 Å². The van der Waals surface area contributed by atoms with Crippen molar-refractivity contribution in [3.63, 3.8) is 0 Å². The fourth-order valence-corrected chi connectivity index (χ4v) is 1.10. The van der Waals surface area contributed by atoms with Gasteiger partial charge in [0.05, 0.1) is 6.26 Å². The number of furan rings is 1. The molecule has 1 nitrogen and oxygen atoms in total. The van der Waals surface area contributed by atoms with Crippen LogP contribution < -0.4 is 0 Å². The van der Waals surface area contributed by atoms with Crippen molar-refractivity contribution in [1.82, 2.24) is 0 Å². The van der Waals surface area contributed by atoms with Crippen molar-refractivity contribution in [2.24, 2.45) is 0 Å². The molecule has 1 rings (SSSR count). The van der Waals surface area contributed by atoms with E-state index in [9.17, 15) is 0 Å². The van der Waals surface area contributed by atoms with Gasteiger partial charge in [-0.1, -0.05) is 6.92 Å². The van der Waals surface area contributed by atoms with E-state index in [1.54, 1.807) is 6.26 Å². The number of aryl methyl sites for hydroxylation is 1. The Balaban J connectivity index is 2.85. The Labute approximate surface area is 60.5 Å². The quantitative estimate of drug-likeness (QED) is 0.625. The van der Waals surface area contributed by atoms with E-state index in [0.29, 0.717) is 0 Å². The molecule has 0 amide bonds. The zero-order chi connectivity index (χ0) is 6.69. The molecule has 0 radical (unpaired) electrons. The zero-order valence-electron chi connectivity index (χ0n) is 5.42. The van der Waals surface area contributed by atoms with Gasteiger partial charge in [-0.3, -0.25) is 0 Å². The molecular formula is C7H10OS. The van der Waals surface area contributed by atoms with Gasteiger partial charge in [0.15, 0.2) is 0 Å². The van der Waals surface area contributed by atoms with Crippen LogP contribution >= 0.6 is 12.6 Å². The van der Waals surface area contributed by atoms with Crippen LogP contribution in [0.15, 0.2) is 16.7 Å². The van der Waals surface area contributed by atoms with E-state index in [1.807, 2.05) is 6.07 Å². The third-order valence-corrected chi connectivity index (χ3v) is 1.67. The van der Waals surface area contributed by atoms with Crippen LogP contribution in [0.4, 0.5) is 0 Å². The molecule has 0 aliphatic carbocycles. The van der Waals surface area contributed by atoms with Gasteiger partial charge in [-0.05, 0) is 6.07 Å². The van der Waals surface area contributed by atoms with Crippen molar-refractivity contribution < 1.29 is 4.42 Å². The predicted octanol–water partition coefficient (Wildman–Crippen LogP) is 2.27. The molecule has 0 aliphatic rings. The van der Waals surface area contributed by atoms with Gasteiger partial charge in [0.2, 0.25) is 0 Å². The molecule has 50 valence electrons. The molecule has 0 spiro atoms. The van der Waals surface area contributed by atoms with Crippen molar-refractivity contribution in [1.29, 1.82) is 0 Å². The second kappa shape index (κ2) is 2.97. The van der Waals surface area contributed by atoms with Crippen molar-refractivity contribution in [2.45, 2.75) is 19.1 Å². The third-order valence-electron chi connectivity index (χ3n) is 1.33.